The van der Waals surface area contributed by atoms with Crippen LogP contribution in [0.15, 0.2) is 67.8 Å². The molecule has 0 heteroatoms. The Morgan fingerprint density at radius 3 is 2.42 bits per heavy atom. The topological polar surface area (TPSA) is 0 Å². The molecule has 0 bridgehead atoms. The van der Waals surface area contributed by atoms with E-state index >= 15 is 0 Å². The van der Waals surface area contributed by atoms with Gasteiger partial charge >= 0.3 is 0 Å². The highest BCUT2D eigenvalue weighted by molar-refractivity contribution is 5.69. The quantitative estimate of drug-likeness (QED) is 0.644. The van der Waals surface area contributed by atoms with Crippen molar-refractivity contribution in [2.24, 2.45) is 0 Å². The maximum atomic E-state index is 3.83. The fourth-order valence-corrected chi connectivity index (χ4v) is 2.41. The normalized spacial score (nSPS) is 10.2. The SMILES string of the molecule is C=CCc1cccc(-c2cccc(CC=C)c2C)c1. The van der Waals surface area contributed by atoms with Crippen LogP contribution in [-0.4, -0.2) is 0 Å². The first-order valence-electron chi connectivity index (χ1n) is 6.66. The van der Waals surface area contributed by atoms with Crippen molar-refractivity contribution < 1.29 is 0 Å². The van der Waals surface area contributed by atoms with Gasteiger partial charge in [0.1, 0.15) is 0 Å². The van der Waals surface area contributed by atoms with E-state index in [1.165, 1.54) is 27.8 Å². The van der Waals surface area contributed by atoms with E-state index in [-0.39, 0.29) is 0 Å². The molecule has 0 fully saturated rings. The van der Waals surface area contributed by atoms with Gasteiger partial charge in [-0.2, -0.15) is 0 Å². The van der Waals surface area contributed by atoms with Crippen LogP contribution in [-0.2, 0) is 12.8 Å². The van der Waals surface area contributed by atoms with Crippen molar-refractivity contribution in [2.45, 2.75) is 19.8 Å². The second kappa shape index (κ2) is 6.19. The van der Waals surface area contributed by atoms with E-state index in [9.17, 15) is 0 Å². The van der Waals surface area contributed by atoms with E-state index in [1.54, 1.807) is 0 Å². The largest absolute Gasteiger partial charge is 0.103 e. The Balaban J connectivity index is 2.46. The summed E-state index contributed by atoms with van der Waals surface area (Å²) in [4.78, 5) is 0. The number of hydrogen-bond donors (Lipinski definition) is 0. The van der Waals surface area contributed by atoms with E-state index in [2.05, 4.69) is 62.5 Å². The van der Waals surface area contributed by atoms with E-state index < -0.39 is 0 Å². The summed E-state index contributed by atoms with van der Waals surface area (Å²) in [5, 5.41) is 0. The molecule has 2 rings (SSSR count). The minimum Gasteiger partial charge on any atom is -0.103 e. The van der Waals surface area contributed by atoms with E-state index in [1.807, 2.05) is 12.2 Å². The van der Waals surface area contributed by atoms with Crippen molar-refractivity contribution in [3.05, 3.63) is 84.5 Å². The summed E-state index contributed by atoms with van der Waals surface area (Å²) in [6, 6.07) is 15.2. The Hall–Kier alpha value is -2.08. The van der Waals surface area contributed by atoms with Crippen molar-refractivity contribution in [3.8, 4) is 11.1 Å². The van der Waals surface area contributed by atoms with Gasteiger partial charge in [0.15, 0.2) is 0 Å². The molecule has 0 aliphatic carbocycles. The van der Waals surface area contributed by atoms with Crippen LogP contribution in [0.4, 0.5) is 0 Å². The minimum atomic E-state index is 0.916. The second-order valence-electron chi connectivity index (χ2n) is 4.78. The Labute approximate surface area is 116 Å². The van der Waals surface area contributed by atoms with Gasteiger partial charge in [0.25, 0.3) is 0 Å². The lowest BCUT2D eigenvalue weighted by Gasteiger charge is -2.11. The predicted octanol–water partition coefficient (Wildman–Crippen LogP) is 5.12. The number of rotatable bonds is 5. The monoisotopic (exact) mass is 248 g/mol. The van der Waals surface area contributed by atoms with Gasteiger partial charge in [0, 0.05) is 0 Å². The molecule has 2 aromatic carbocycles. The summed E-state index contributed by atoms with van der Waals surface area (Å²) >= 11 is 0. The molecule has 0 radical (unpaired) electrons. The van der Waals surface area contributed by atoms with Crippen LogP contribution < -0.4 is 0 Å². The first kappa shape index (κ1) is 13.4. The lowest BCUT2D eigenvalue weighted by atomic mass is 9.94. The summed E-state index contributed by atoms with van der Waals surface area (Å²) in [6.45, 7) is 9.82. The van der Waals surface area contributed by atoms with Gasteiger partial charge in [-0.05, 0) is 47.6 Å². The molecule has 0 unspecified atom stereocenters. The Bertz CT molecular complexity index is 591. The maximum Gasteiger partial charge on any atom is -0.00973 e. The maximum absolute atomic E-state index is 3.83. The lowest BCUT2D eigenvalue weighted by molar-refractivity contribution is 1.22. The fraction of sp³-hybridized carbons (Fsp3) is 0.158. The van der Waals surface area contributed by atoms with Crippen LogP contribution in [0.2, 0.25) is 0 Å². The standard InChI is InChI=1S/C19H20/c1-4-8-16-10-6-12-18(14-16)19-13-7-11-17(9-5-2)15(19)3/h4-7,10-14H,1-2,8-9H2,3H3. The average Bonchev–Trinajstić information content (AvgIpc) is 2.42. The highest BCUT2D eigenvalue weighted by Crippen LogP contribution is 2.27. The van der Waals surface area contributed by atoms with E-state index in [0.717, 1.165) is 12.8 Å². The number of allylic oxidation sites excluding steroid dienone is 2. The van der Waals surface area contributed by atoms with E-state index in [0.29, 0.717) is 0 Å². The van der Waals surface area contributed by atoms with Gasteiger partial charge < -0.3 is 0 Å². The first-order chi connectivity index (χ1) is 9.26. The second-order valence-corrected chi connectivity index (χ2v) is 4.78. The number of benzene rings is 2. The summed E-state index contributed by atoms with van der Waals surface area (Å²) in [5.41, 5.74) is 6.59. The van der Waals surface area contributed by atoms with Gasteiger partial charge in [0.2, 0.25) is 0 Å². The molecule has 0 amide bonds. The van der Waals surface area contributed by atoms with Crippen molar-refractivity contribution in [1.29, 1.82) is 0 Å². The van der Waals surface area contributed by atoms with Gasteiger partial charge in [-0.25, -0.2) is 0 Å². The van der Waals surface area contributed by atoms with Crippen molar-refractivity contribution in [1.82, 2.24) is 0 Å². The molecule has 0 atom stereocenters. The van der Waals surface area contributed by atoms with Gasteiger partial charge in [-0.15, -0.1) is 13.2 Å². The zero-order chi connectivity index (χ0) is 13.7. The third-order valence-electron chi connectivity index (χ3n) is 3.43. The summed E-state index contributed by atoms with van der Waals surface area (Å²) in [6.07, 6.45) is 5.74. The molecule has 19 heavy (non-hydrogen) atoms. The molecule has 0 spiro atoms. The van der Waals surface area contributed by atoms with Crippen LogP contribution in [0.3, 0.4) is 0 Å². The highest BCUT2D eigenvalue weighted by atomic mass is 14.1. The highest BCUT2D eigenvalue weighted by Gasteiger charge is 2.05. The fourth-order valence-electron chi connectivity index (χ4n) is 2.41. The van der Waals surface area contributed by atoms with Gasteiger partial charge in [-0.3, -0.25) is 0 Å². The molecule has 0 saturated carbocycles. The summed E-state index contributed by atoms with van der Waals surface area (Å²) < 4.78 is 0. The van der Waals surface area contributed by atoms with Crippen molar-refractivity contribution in [2.75, 3.05) is 0 Å². The van der Waals surface area contributed by atoms with Crippen LogP contribution in [0.25, 0.3) is 11.1 Å². The third-order valence-corrected chi connectivity index (χ3v) is 3.43. The summed E-state index contributed by atoms with van der Waals surface area (Å²) in [5.74, 6) is 0. The zero-order valence-corrected chi connectivity index (χ0v) is 11.5. The molecule has 2 aromatic rings. The van der Waals surface area contributed by atoms with Crippen LogP contribution in [0.5, 0.6) is 0 Å². The Morgan fingerprint density at radius 1 is 0.947 bits per heavy atom. The smallest absolute Gasteiger partial charge is 0.00973 e. The lowest BCUT2D eigenvalue weighted by Crippen LogP contribution is -1.91. The molecule has 0 aliphatic heterocycles. The van der Waals surface area contributed by atoms with Crippen LogP contribution >= 0.6 is 0 Å². The van der Waals surface area contributed by atoms with Crippen molar-refractivity contribution in [3.63, 3.8) is 0 Å². The number of hydrogen-bond acceptors (Lipinski definition) is 0. The molecular formula is C19H20. The molecule has 0 saturated heterocycles. The molecule has 96 valence electrons. The predicted molar refractivity (Wildman–Crippen MR) is 84.4 cm³/mol. The van der Waals surface area contributed by atoms with Gasteiger partial charge in [0.05, 0.1) is 0 Å². The molecular weight excluding hydrogens is 228 g/mol. The molecule has 0 aromatic heterocycles. The Morgan fingerprint density at radius 2 is 1.68 bits per heavy atom. The molecule has 0 N–H and O–H groups in total. The molecule has 0 aliphatic rings. The Kier molecular flexibility index (Phi) is 4.35. The van der Waals surface area contributed by atoms with E-state index in [4.69, 9.17) is 0 Å². The molecule has 0 nitrogen and oxygen atoms in total. The van der Waals surface area contributed by atoms with Crippen LogP contribution in [0.1, 0.15) is 16.7 Å². The third kappa shape index (κ3) is 3.03. The average molecular weight is 248 g/mol. The zero-order valence-electron chi connectivity index (χ0n) is 11.5. The minimum absolute atomic E-state index is 0.916. The first-order valence-corrected chi connectivity index (χ1v) is 6.66. The van der Waals surface area contributed by atoms with Gasteiger partial charge in [-0.1, -0.05) is 54.6 Å². The molecule has 0 heterocycles. The summed E-state index contributed by atoms with van der Waals surface area (Å²) in [7, 11) is 0. The van der Waals surface area contributed by atoms with Crippen LogP contribution in [0, 0.1) is 6.92 Å². The van der Waals surface area contributed by atoms with Crippen molar-refractivity contribution >= 4 is 0 Å².